The molecule has 7 nitrogen and oxygen atoms in total. The fourth-order valence-electron chi connectivity index (χ4n) is 6.96. The first-order valence-corrected chi connectivity index (χ1v) is 14.7. The predicted molar refractivity (Wildman–Crippen MR) is 161 cm³/mol. The van der Waals surface area contributed by atoms with E-state index in [0.29, 0.717) is 47.4 Å². The van der Waals surface area contributed by atoms with Gasteiger partial charge in [0.2, 0.25) is 5.88 Å². The van der Waals surface area contributed by atoms with Crippen LogP contribution in [0.1, 0.15) is 37.9 Å². The van der Waals surface area contributed by atoms with Crippen LogP contribution in [0, 0.1) is 24.6 Å². The molecule has 3 aromatic heterocycles. The molecular formula is C33H36FN5O2. The summed E-state index contributed by atoms with van der Waals surface area (Å²) in [4.78, 5) is 9.50. The molecule has 212 valence electrons. The average Bonchev–Trinajstić information content (AvgIpc) is 3.68. The minimum absolute atomic E-state index is 0.0668. The van der Waals surface area contributed by atoms with Crippen molar-refractivity contribution in [3.8, 4) is 22.9 Å². The van der Waals surface area contributed by atoms with Crippen LogP contribution in [0.2, 0.25) is 0 Å². The predicted octanol–water partition coefficient (Wildman–Crippen LogP) is 6.11. The second kappa shape index (κ2) is 10.3. The summed E-state index contributed by atoms with van der Waals surface area (Å²) in [5, 5.41) is 20.5. The lowest BCUT2D eigenvalue weighted by molar-refractivity contribution is 0.223. The van der Waals surface area contributed by atoms with E-state index in [1.807, 2.05) is 31.3 Å². The van der Waals surface area contributed by atoms with Crippen LogP contribution in [0.3, 0.4) is 0 Å². The smallest absolute Gasteiger partial charge is 0.223 e. The van der Waals surface area contributed by atoms with E-state index < -0.39 is 5.82 Å². The molecule has 3 unspecified atom stereocenters. The first-order valence-electron chi connectivity index (χ1n) is 14.7. The number of rotatable bonds is 9. The normalized spacial score (nSPS) is 20.6. The summed E-state index contributed by atoms with van der Waals surface area (Å²) in [6.45, 7) is 6.77. The maximum atomic E-state index is 16.6. The topological polar surface area (TPSA) is 84.2 Å². The zero-order valence-electron chi connectivity index (χ0n) is 23.7. The van der Waals surface area contributed by atoms with Gasteiger partial charge in [-0.05, 0) is 80.6 Å². The molecule has 2 bridgehead atoms. The number of halogens is 1. The van der Waals surface area contributed by atoms with Crippen LogP contribution in [0.15, 0.2) is 48.7 Å². The highest BCUT2D eigenvalue weighted by Crippen LogP contribution is 2.48. The number of hydrogen-bond acceptors (Lipinski definition) is 6. The summed E-state index contributed by atoms with van der Waals surface area (Å²) in [5.74, 6) is 0.919. The Morgan fingerprint density at radius 2 is 2.05 bits per heavy atom. The van der Waals surface area contributed by atoms with Crippen molar-refractivity contribution in [1.82, 2.24) is 25.2 Å². The average molecular weight is 554 g/mol. The Morgan fingerprint density at radius 1 is 1.20 bits per heavy atom. The van der Waals surface area contributed by atoms with Crippen molar-refractivity contribution in [3.63, 3.8) is 0 Å². The summed E-state index contributed by atoms with van der Waals surface area (Å²) >= 11 is 0. The summed E-state index contributed by atoms with van der Waals surface area (Å²) in [6, 6.07) is 13.8. The number of aromatic hydroxyl groups is 1. The SMILES string of the molecule is CNCCC[C@H](C)COc1nc2c(F)c(-c3cc(O)cc4ccccc34)ncc2c2c1cc(C)n2C1C2CNC1C2. The van der Waals surface area contributed by atoms with Gasteiger partial charge in [-0.15, -0.1) is 0 Å². The summed E-state index contributed by atoms with van der Waals surface area (Å²) < 4.78 is 25.4. The van der Waals surface area contributed by atoms with E-state index >= 15 is 4.39 Å². The summed E-state index contributed by atoms with van der Waals surface area (Å²) in [5.41, 5.74) is 3.01. The van der Waals surface area contributed by atoms with Crippen LogP contribution in [-0.2, 0) is 0 Å². The van der Waals surface area contributed by atoms with Crippen molar-refractivity contribution in [1.29, 1.82) is 0 Å². The lowest BCUT2D eigenvalue weighted by Gasteiger charge is -2.37. The van der Waals surface area contributed by atoms with Crippen molar-refractivity contribution < 1.29 is 14.2 Å². The van der Waals surface area contributed by atoms with Crippen LogP contribution in [0.25, 0.3) is 43.8 Å². The number of nitrogens with zero attached hydrogens (tertiary/aromatic N) is 3. The second-order valence-corrected chi connectivity index (χ2v) is 11.9. The molecule has 2 aliphatic heterocycles. The number of benzene rings is 2. The number of aromatic nitrogens is 3. The largest absolute Gasteiger partial charge is 0.508 e. The minimum Gasteiger partial charge on any atom is -0.508 e. The fraction of sp³-hybridized carbons (Fsp3) is 0.394. The van der Waals surface area contributed by atoms with Gasteiger partial charge >= 0.3 is 0 Å². The van der Waals surface area contributed by atoms with Crippen molar-refractivity contribution in [2.75, 3.05) is 26.7 Å². The second-order valence-electron chi connectivity index (χ2n) is 11.9. The molecule has 3 fully saturated rings. The summed E-state index contributed by atoms with van der Waals surface area (Å²) in [7, 11) is 1.96. The highest BCUT2D eigenvalue weighted by molar-refractivity contribution is 6.08. The summed E-state index contributed by atoms with van der Waals surface area (Å²) in [6.07, 6.45) is 5.01. The van der Waals surface area contributed by atoms with Crippen LogP contribution in [0.5, 0.6) is 11.6 Å². The molecule has 2 saturated heterocycles. The third kappa shape index (κ3) is 4.32. The van der Waals surface area contributed by atoms with E-state index in [1.165, 1.54) is 6.42 Å². The molecule has 2 aromatic carbocycles. The van der Waals surface area contributed by atoms with Crippen molar-refractivity contribution >= 4 is 32.6 Å². The number of phenolic OH excluding ortho intramolecular Hbond substituents is 1. The number of aryl methyl sites for hydroxylation is 1. The minimum atomic E-state index is -0.507. The van der Waals surface area contributed by atoms with E-state index in [1.54, 1.807) is 18.3 Å². The molecule has 5 aromatic rings. The quantitative estimate of drug-likeness (QED) is 0.191. The number of hydrogen-bond donors (Lipinski definition) is 3. The van der Waals surface area contributed by atoms with Crippen LogP contribution < -0.4 is 15.4 Å². The Labute approximate surface area is 238 Å². The number of fused-ring (bicyclic) bond motifs is 5. The molecule has 4 atom stereocenters. The van der Waals surface area contributed by atoms with Gasteiger partial charge in [0.25, 0.3) is 0 Å². The van der Waals surface area contributed by atoms with Crippen LogP contribution in [0.4, 0.5) is 4.39 Å². The van der Waals surface area contributed by atoms with E-state index in [4.69, 9.17) is 9.72 Å². The van der Waals surface area contributed by atoms with Crippen LogP contribution in [-0.4, -0.2) is 52.4 Å². The maximum Gasteiger partial charge on any atom is 0.223 e. The Balaban J connectivity index is 1.41. The number of pyridine rings is 2. The molecule has 3 N–H and O–H groups in total. The van der Waals surface area contributed by atoms with E-state index in [9.17, 15) is 5.11 Å². The van der Waals surface area contributed by atoms with Gasteiger partial charge in [-0.2, -0.15) is 0 Å². The van der Waals surface area contributed by atoms with Gasteiger partial charge in [-0.3, -0.25) is 4.98 Å². The fourth-order valence-corrected chi connectivity index (χ4v) is 6.96. The molecule has 5 heterocycles. The zero-order valence-corrected chi connectivity index (χ0v) is 23.7. The van der Waals surface area contributed by atoms with Gasteiger partial charge < -0.3 is 25.0 Å². The maximum absolute atomic E-state index is 16.6. The first-order chi connectivity index (χ1) is 19.9. The van der Waals surface area contributed by atoms with Crippen molar-refractivity contribution in [2.24, 2.45) is 11.8 Å². The molecule has 1 aliphatic carbocycles. The molecule has 1 saturated carbocycles. The van der Waals surface area contributed by atoms with Gasteiger partial charge in [0.1, 0.15) is 17.0 Å². The highest BCUT2D eigenvalue weighted by Gasteiger charge is 2.48. The molecule has 0 radical (unpaired) electrons. The lowest BCUT2D eigenvalue weighted by atomic mass is 9.79. The Bertz CT molecular complexity index is 1770. The lowest BCUT2D eigenvalue weighted by Crippen LogP contribution is -2.39. The van der Waals surface area contributed by atoms with Gasteiger partial charge in [-0.25, -0.2) is 9.37 Å². The molecule has 0 amide bonds. The third-order valence-electron chi connectivity index (χ3n) is 9.04. The van der Waals surface area contributed by atoms with Crippen LogP contribution >= 0.6 is 0 Å². The van der Waals surface area contributed by atoms with Gasteiger partial charge in [0, 0.05) is 35.4 Å². The van der Waals surface area contributed by atoms with Gasteiger partial charge in [0.15, 0.2) is 5.82 Å². The monoisotopic (exact) mass is 553 g/mol. The third-order valence-corrected chi connectivity index (χ3v) is 9.04. The number of ether oxygens (including phenoxy) is 1. The number of phenols is 1. The number of nitrogens with one attached hydrogen (secondary N) is 2. The molecule has 0 spiro atoms. The molecule has 8 rings (SSSR count). The van der Waals surface area contributed by atoms with E-state index in [-0.39, 0.29) is 17.0 Å². The van der Waals surface area contributed by atoms with Gasteiger partial charge in [0.05, 0.1) is 23.6 Å². The Morgan fingerprint density at radius 3 is 2.83 bits per heavy atom. The molecular weight excluding hydrogens is 517 g/mol. The molecule has 8 heteroatoms. The zero-order chi connectivity index (χ0) is 28.2. The molecule has 3 aliphatic rings. The Kier molecular flexibility index (Phi) is 6.55. The van der Waals surface area contributed by atoms with Crippen molar-refractivity contribution in [2.45, 2.75) is 45.2 Å². The first kappa shape index (κ1) is 26.2. The Hall–Kier alpha value is -3.75. The van der Waals surface area contributed by atoms with E-state index in [0.717, 1.165) is 53.3 Å². The van der Waals surface area contributed by atoms with E-state index in [2.05, 4.69) is 40.1 Å². The van der Waals surface area contributed by atoms with Gasteiger partial charge in [-0.1, -0.05) is 31.2 Å². The molecule has 41 heavy (non-hydrogen) atoms. The standard InChI is InChI=1S/C33H36FN5O2/c1-18(7-6-10-35-3)17-41-33-25-11-19(2)39(31-21-13-27(31)36-15-21)32(25)26-16-37-29(28(34)30(26)38-33)24-14-22(40)12-20-8-4-5-9-23(20)24/h4-5,8-9,11-12,14,16,18,21,27,31,35-36,40H,6-7,10,13,15,17H2,1-3H3/t18-,21?,27?,31?/m0/s1. The highest BCUT2D eigenvalue weighted by atomic mass is 19.1. The van der Waals surface area contributed by atoms with Crippen molar-refractivity contribution in [3.05, 3.63) is 60.2 Å².